The van der Waals surface area contributed by atoms with E-state index in [0.717, 1.165) is 19.1 Å². The molecule has 0 bridgehead atoms. The summed E-state index contributed by atoms with van der Waals surface area (Å²) < 4.78 is 0. The molecule has 0 aromatic heterocycles. The van der Waals surface area contributed by atoms with Crippen molar-refractivity contribution in [2.45, 2.75) is 63.5 Å². The van der Waals surface area contributed by atoms with Gasteiger partial charge in [-0.2, -0.15) is 0 Å². The van der Waals surface area contributed by atoms with Gasteiger partial charge in [0.25, 0.3) is 0 Å². The molecule has 2 atom stereocenters. The van der Waals surface area contributed by atoms with Crippen LogP contribution in [0.5, 0.6) is 0 Å². The lowest BCUT2D eigenvalue weighted by Gasteiger charge is -2.42. The Balaban J connectivity index is 2.01. The van der Waals surface area contributed by atoms with Gasteiger partial charge in [-0.15, -0.1) is 0 Å². The van der Waals surface area contributed by atoms with Gasteiger partial charge in [0.2, 0.25) is 0 Å². The van der Waals surface area contributed by atoms with Gasteiger partial charge in [0.05, 0.1) is 6.61 Å². The molecule has 0 saturated heterocycles. The van der Waals surface area contributed by atoms with Crippen LogP contribution in [0.3, 0.4) is 0 Å². The van der Waals surface area contributed by atoms with Crippen molar-refractivity contribution in [2.24, 2.45) is 11.7 Å². The van der Waals surface area contributed by atoms with Crippen LogP contribution in [-0.2, 0) is 0 Å². The number of aliphatic hydroxyl groups excluding tert-OH is 1. The average molecular weight is 240 g/mol. The van der Waals surface area contributed by atoms with Crippen molar-refractivity contribution in [2.75, 3.05) is 19.7 Å². The Labute approximate surface area is 105 Å². The molecular formula is C14H28N2O. The molecule has 0 radical (unpaired) electrons. The van der Waals surface area contributed by atoms with Crippen LogP contribution < -0.4 is 5.73 Å². The van der Waals surface area contributed by atoms with E-state index in [2.05, 4.69) is 4.90 Å². The lowest BCUT2D eigenvalue weighted by atomic mass is 9.82. The molecule has 0 spiro atoms. The first-order valence-corrected chi connectivity index (χ1v) is 7.43. The molecule has 17 heavy (non-hydrogen) atoms. The molecule has 3 nitrogen and oxygen atoms in total. The first-order valence-electron chi connectivity index (χ1n) is 7.43. The second-order valence-electron chi connectivity index (χ2n) is 5.75. The van der Waals surface area contributed by atoms with Gasteiger partial charge >= 0.3 is 0 Å². The lowest BCUT2D eigenvalue weighted by molar-refractivity contribution is 0.0507. The van der Waals surface area contributed by atoms with Crippen LogP contribution in [0.1, 0.15) is 51.4 Å². The van der Waals surface area contributed by atoms with Crippen LogP contribution in [0.25, 0.3) is 0 Å². The molecular weight excluding hydrogens is 212 g/mol. The van der Waals surface area contributed by atoms with Gasteiger partial charge in [-0.3, -0.25) is 4.90 Å². The first-order chi connectivity index (χ1) is 8.36. The Hall–Kier alpha value is -0.120. The maximum atomic E-state index is 9.31. The zero-order valence-electron chi connectivity index (χ0n) is 11.0. The van der Waals surface area contributed by atoms with Crippen molar-refractivity contribution in [1.29, 1.82) is 0 Å². The van der Waals surface area contributed by atoms with Crippen LogP contribution in [0, 0.1) is 5.92 Å². The van der Waals surface area contributed by atoms with Gasteiger partial charge in [0.15, 0.2) is 0 Å². The number of aliphatic hydroxyl groups is 1. The van der Waals surface area contributed by atoms with Crippen molar-refractivity contribution in [3.63, 3.8) is 0 Å². The molecule has 100 valence electrons. The van der Waals surface area contributed by atoms with E-state index in [1.54, 1.807) is 0 Å². The topological polar surface area (TPSA) is 49.5 Å². The summed E-state index contributed by atoms with van der Waals surface area (Å²) in [5.74, 6) is 0.663. The van der Waals surface area contributed by atoms with Gasteiger partial charge in [-0.05, 0) is 38.1 Å². The monoisotopic (exact) mass is 240 g/mol. The molecule has 2 rings (SSSR count). The van der Waals surface area contributed by atoms with Crippen molar-refractivity contribution < 1.29 is 5.11 Å². The second kappa shape index (κ2) is 6.72. The van der Waals surface area contributed by atoms with E-state index in [1.807, 2.05) is 0 Å². The minimum atomic E-state index is 0.296. The van der Waals surface area contributed by atoms with E-state index in [9.17, 15) is 5.11 Å². The maximum Gasteiger partial charge on any atom is 0.0558 e. The quantitative estimate of drug-likeness (QED) is 0.769. The highest BCUT2D eigenvalue weighted by molar-refractivity contribution is 4.89. The fourth-order valence-electron chi connectivity index (χ4n) is 3.87. The van der Waals surface area contributed by atoms with E-state index in [-0.39, 0.29) is 0 Å². The highest BCUT2D eigenvalue weighted by Crippen LogP contribution is 2.33. The molecule has 2 fully saturated rings. The Bertz CT molecular complexity index is 216. The van der Waals surface area contributed by atoms with Crippen LogP contribution >= 0.6 is 0 Å². The number of nitrogens with zero attached hydrogens (tertiary/aromatic N) is 1. The highest BCUT2D eigenvalue weighted by atomic mass is 16.3. The van der Waals surface area contributed by atoms with Gasteiger partial charge in [0.1, 0.15) is 0 Å². The Morgan fingerprint density at radius 1 is 1.00 bits per heavy atom. The lowest BCUT2D eigenvalue weighted by Crippen LogP contribution is -2.50. The van der Waals surface area contributed by atoms with Gasteiger partial charge in [-0.25, -0.2) is 0 Å². The van der Waals surface area contributed by atoms with Gasteiger partial charge < -0.3 is 10.8 Å². The van der Waals surface area contributed by atoms with Crippen molar-refractivity contribution in [3.05, 3.63) is 0 Å². The number of hydrogen-bond donors (Lipinski definition) is 2. The molecule has 0 heterocycles. The van der Waals surface area contributed by atoms with E-state index in [1.165, 1.54) is 51.4 Å². The minimum Gasteiger partial charge on any atom is -0.395 e. The Morgan fingerprint density at radius 2 is 1.65 bits per heavy atom. The molecule has 0 aromatic carbocycles. The van der Waals surface area contributed by atoms with Crippen LogP contribution in [0.4, 0.5) is 0 Å². The van der Waals surface area contributed by atoms with Crippen LogP contribution in [0.15, 0.2) is 0 Å². The number of rotatable bonds is 5. The molecule has 0 amide bonds. The molecule has 0 aromatic rings. The van der Waals surface area contributed by atoms with Crippen molar-refractivity contribution >= 4 is 0 Å². The summed E-state index contributed by atoms with van der Waals surface area (Å²) in [5.41, 5.74) is 5.94. The van der Waals surface area contributed by atoms with Crippen molar-refractivity contribution in [3.8, 4) is 0 Å². The number of hydrogen-bond acceptors (Lipinski definition) is 3. The van der Waals surface area contributed by atoms with Crippen LogP contribution in [0.2, 0.25) is 0 Å². The maximum absolute atomic E-state index is 9.31. The third kappa shape index (κ3) is 3.21. The van der Waals surface area contributed by atoms with E-state index in [0.29, 0.717) is 18.6 Å². The van der Waals surface area contributed by atoms with E-state index >= 15 is 0 Å². The fraction of sp³-hybridized carbons (Fsp3) is 1.00. The second-order valence-corrected chi connectivity index (χ2v) is 5.75. The third-order valence-corrected chi connectivity index (χ3v) is 4.75. The highest BCUT2D eigenvalue weighted by Gasteiger charge is 2.33. The largest absolute Gasteiger partial charge is 0.395 e. The van der Waals surface area contributed by atoms with E-state index in [4.69, 9.17) is 5.73 Å². The van der Waals surface area contributed by atoms with Crippen LogP contribution in [-0.4, -0.2) is 41.8 Å². The molecule has 3 N–H and O–H groups in total. The zero-order valence-corrected chi connectivity index (χ0v) is 11.0. The molecule has 2 aliphatic rings. The smallest absolute Gasteiger partial charge is 0.0558 e. The summed E-state index contributed by atoms with van der Waals surface area (Å²) in [5, 5.41) is 9.31. The van der Waals surface area contributed by atoms with Gasteiger partial charge in [0, 0.05) is 18.6 Å². The molecule has 2 saturated carbocycles. The third-order valence-electron chi connectivity index (χ3n) is 4.75. The SMILES string of the molecule is NCC1CCCCC1N(CCO)C1CCCC1. The molecule has 2 unspecified atom stereocenters. The van der Waals surface area contributed by atoms with Crippen molar-refractivity contribution in [1.82, 2.24) is 4.90 Å². The normalized spacial score (nSPS) is 31.2. The summed E-state index contributed by atoms with van der Waals surface area (Å²) in [7, 11) is 0. The minimum absolute atomic E-state index is 0.296. The Kier molecular flexibility index (Phi) is 5.26. The van der Waals surface area contributed by atoms with Gasteiger partial charge in [-0.1, -0.05) is 25.7 Å². The zero-order chi connectivity index (χ0) is 12.1. The summed E-state index contributed by atoms with van der Waals surface area (Å²) in [6.45, 7) is 1.97. The first kappa shape index (κ1) is 13.3. The standard InChI is InChI=1S/C14H28N2O/c15-11-12-5-1-4-8-14(12)16(9-10-17)13-6-2-3-7-13/h12-14,17H,1-11,15H2. The fourth-order valence-corrected chi connectivity index (χ4v) is 3.87. The predicted octanol–water partition coefficient (Wildman–Crippen LogP) is 1.74. The van der Waals surface area contributed by atoms with E-state index < -0.39 is 0 Å². The average Bonchev–Trinajstić information content (AvgIpc) is 2.89. The number of nitrogens with two attached hydrogens (primary N) is 1. The molecule has 0 aliphatic heterocycles. The molecule has 3 heteroatoms. The predicted molar refractivity (Wildman–Crippen MR) is 70.8 cm³/mol. The summed E-state index contributed by atoms with van der Waals surface area (Å²) in [6.07, 6.45) is 10.7. The molecule has 2 aliphatic carbocycles. The Morgan fingerprint density at radius 3 is 2.29 bits per heavy atom. The summed E-state index contributed by atoms with van der Waals surface area (Å²) in [6, 6.07) is 1.36. The summed E-state index contributed by atoms with van der Waals surface area (Å²) in [4.78, 5) is 2.60. The summed E-state index contributed by atoms with van der Waals surface area (Å²) >= 11 is 0.